The number of nitrogens with zero attached hydrogens (tertiary/aromatic N) is 1. The molecule has 5 heteroatoms. The standard InChI is InChI=1S/C11H20N2O3/c1-16-6-9(12)11(15)13-4-7-2-3-10(14)8(7)5-13/h7-10,14H,2-6,12H2,1H3. The van der Waals surface area contributed by atoms with Crippen molar-refractivity contribution in [3.8, 4) is 0 Å². The number of carbonyl (C=O) groups excluding carboxylic acids is 1. The van der Waals surface area contributed by atoms with Gasteiger partial charge in [-0.15, -0.1) is 0 Å². The fourth-order valence-electron chi connectivity index (χ4n) is 2.90. The summed E-state index contributed by atoms with van der Waals surface area (Å²) in [5.41, 5.74) is 5.71. The minimum absolute atomic E-state index is 0.0524. The molecule has 1 saturated heterocycles. The van der Waals surface area contributed by atoms with Gasteiger partial charge in [0.2, 0.25) is 5.91 Å². The Morgan fingerprint density at radius 1 is 1.56 bits per heavy atom. The first-order valence-electron chi connectivity index (χ1n) is 5.85. The van der Waals surface area contributed by atoms with Crippen molar-refractivity contribution in [1.82, 2.24) is 4.90 Å². The molecule has 2 fully saturated rings. The lowest BCUT2D eigenvalue weighted by molar-refractivity contribution is -0.133. The Labute approximate surface area is 95.5 Å². The van der Waals surface area contributed by atoms with Gasteiger partial charge in [0.25, 0.3) is 0 Å². The molecule has 1 amide bonds. The molecule has 1 aliphatic carbocycles. The minimum Gasteiger partial charge on any atom is -0.393 e. The Morgan fingerprint density at radius 3 is 2.94 bits per heavy atom. The number of fused-ring (bicyclic) bond motifs is 1. The molecule has 2 aliphatic rings. The number of hydrogen-bond acceptors (Lipinski definition) is 4. The summed E-state index contributed by atoms with van der Waals surface area (Å²) < 4.78 is 4.88. The summed E-state index contributed by atoms with van der Waals surface area (Å²) >= 11 is 0. The maximum absolute atomic E-state index is 11.9. The zero-order valence-electron chi connectivity index (χ0n) is 9.63. The van der Waals surface area contributed by atoms with Crippen LogP contribution in [0.25, 0.3) is 0 Å². The van der Waals surface area contributed by atoms with Gasteiger partial charge >= 0.3 is 0 Å². The number of methoxy groups -OCH3 is 1. The van der Waals surface area contributed by atoms with Gasteiger partial charge in [0.05, 0.1) is 12.7 Å². The Bertz CT molecular complexity index is 272. The van der Waals surface area contributed by atoms with E-state index in [2.05, 4.69) is 0 Å². The summed E-state index contributed by atoms with van der Waals surface area (Å²) in [7, 11) is 1.54. The Hall–Kier alpha value is -0.650. The molecule has 0 radical (unpaired) electrons. The molecule has 0 aromatic heterocycles. The van der Waals surface area contributed by atoms with E-state index in [-0.39, 0.29) is 24.5 Å². The van der Waals surface area contributed by atoms with E-state index < -0.39 is 6.04 Å². The summed E-state index contributed by atoms with van der Waals surface area (Å²) in [6, 6.07) is -0.569. The molecule has 16 heavy (non-hydrogen) atoms. The average Bonchev–Trinajstić information content (AvgIpc) is 2.81. The summed E-state index contributed by atoms with van der Waals surface area (Å²) in [5.74, 6) is 0.677. The van der Waals surface area contributed by atoms with E-state index in [0.717, 1.165) is 19.4 Å². The van der Waals surface area contributed by atoms with Crippen LogP contribution in [0, 0.1) is 11.8 Å². The van der Waals surface area contributed by atoms with Crippen molar-refractivity contribution >= 4 is 5.91 Å². The van der Waals surface area contributed by atoms with Gasteiger partial charge in [-0.05, 0) is 18.8 Å². The van der Waals surface area contributed by atoms with E-state index in [9.17, 15) is 9.90 Å². The molecular formula is C11H20N2O3. The number of aliphatic hydroxyl groups is 1. The van der Waals surface area contributed by atoms with Crippen LogP contribution in [0.15, 0.2) is 0 Å². The predicted octanol–water partition coefficient (Wildman–Crippen LogP) is -0.811. The Balaban J connectivity index is 1.91. The average molecular weight is 228 g/mol. The van der Waals surface area contributed by atoms with Crippen molar-refractivity contribution in [2.75, 3.05) is 26.8 Å². The molecule has 0 spiro atoms. The van der Waals surface area contributed by atoms with E-state index in [0.29, 0.717) is 12.5 Å². The first kappa shape index (κ1) is 11.8. The SMILES string of the molecule is COCC(N)C(=O)N1CC2CCC(O)C2C1. The second-order valence-corrected chi connectivity index (χ2v) is 4.87. The summed E-state index contributed by atoms with van der Waals surface area (Å²) in [6.45, 7) is 1.66. The number of rotatable bonds is 3. The predicted molar refractivity (Wildman–Crippen MR) is 58.7 cm³/mol. The van der Waals surface area contributed by atoms with Crippen molar-refractivity contribution in [2.45, 2.75) is 25.0 Å². The number of carbonyl (C=O) groups is 1. The molecule has 5 nitrogen and oxygen atoms in total. The van der Waals surface area contributed by atoms with Gasteiger partial charge < -0.3 is 20.5 Å². The summed E-state index contributed by atoms with van der Waals surface area (Å²) in [5, 5.41) is 9.75. The van der Waals surface area contributed by atoms with Crippen molar-refractivity contribution in [1.29, 1.82) is 0 Å². The zero-order chi connectivity index (χ0) is 11.7. The molecule has 4 atom stereocenters. The molecule has 0 aromatic carbocycles. The second kappa shape index (κ2) is 4.69. The lowest BCUT2D eigenvalue weighted by Gasteiger charge is -2.21. The van der Waals surface area contributed by atoms with Crippen LogP contribution in [-0.4, -0.2) is 54.9 Å². The van der Waals surface area contributed by atoms with Crippen LogP contribution in [0.5, 0.6) is 0 Å². The minimum atomic E-state index is -0.569. The van der Waals surface area contributed by atoms with E-state index in [1.54, 1.807) is 4.90 Å². The smallest absolute Gasteiger partial charge is 0.241 e. The third-order valence-corrected chi connectivity index (χ3v) is 3.79. The van der Waals surface area contributed by atoms with Crippen LogP contribution in [0.4, 0.5) is 0 Å². The fourth-order valence-corrected chi connectivity index (χ4v) is 2.90. The fraction of sp³-hybridized carbons (Fsp3) is 0.909. The highest BCUT2D eigenvalue weighted by Gasteiger charge is 2.43. The summed E-state index contributed by atoms with van der Waals surface area (Å²) in [4.78, 5) is 13.7. The number of amides is 1. The molecule has 0 bridgehead atoms. The molecule has 2 rings (SSSR count). The van der Waals surface area contributed by atoms with Gasteiger partial charge in [-0.2, -0.15) is 0 Å². The molecule has 4 unspecified atom stereocenters. The van der Waals surface area contributed by atoms with Crippen LogP contribution in [0.1, 0.15) is 12.8 Å². The molecule has 1 saturated carbocycles. The molecule has 1 heterocycles. The quantitative estimate of drug-likeness (QED) is 0.662. The van der Waals surface area contributed by atoms with Crippen LogP contribution in [0.3, 0.4) is 0 Å². The van der Waals surface area contributed by atoms with E-state index in [1.165, 1.54) is 7.11 Å². The van der Waals surface area contributed by atoms with Crippen LogP contribution >= 0.6 is 0 Å². The van der Waals surface area contributed by atoms with E-state index in [1.807, 2.05) is 0 Å². The van der Waals surface area contributed by atoms with Crippen molar-refractivity contribution in [2.24, 2.45) is 17.6 Å². The zero-order valence-corrected chi connectivity index (χ0v) is 9.63. The van der Waals surface area contributed by atoms with Gasteiger partial charge in [0.15, 0.2) is 0 Å². The number of hydrogen-bond donors (Lipinski definition) is 2. The van der Waals surface area contributed by atoms with Crippen LogP contribution in [0.2, 0.25) is 0 Å². The van der Waals surface area contributed by atoms with Crippen molar-refractivity contribution in [3.05, 3.63) is 0 Å². The first-order valence-corrected chi connectivity index (χ1v) is 5.85. The molecule has 3 N–H and O–H groups in total. The number of ether oxygens (including phenoxy) is 1. The van der Waals surface area contributed by atoms with Crippen LogP contribution < -0.4 is 5.73 Å². The maximum atomic E-state index is 11.9. The third kappa shape index (κ3) is 2.07. The third-order valence-electron chi connectivity index (χ3n) is 3.79. The number of likely N-dealkylation sites (tertiary alicyclic amines) is 1. The lowest BCUT2D eigenvalue weighted by atomic mass is 10.00. The first-order chi connectivity index (χ1) is 7.63. The number of aliphatic hydroxyl groups excluding tert-OH is 1. The molecule has 0 aromatic rings. The van der Waals surface area contributed by atoms with Gasteiger partial charge in [0, 0.05) is 26.1 Å². The van der Waals surface area contributed by atoms with Crippen molar-refractivity contribution in [3.63, 3.8) is 0 Å². The molecular weight excluding hydrogens is 208 g/mol. The van der Waals surface area contributed by atoms with Crippen molar-refractivity contribution < 1.29 is 14.6 Å². The molecule has 1 aliphatic heterocycles. The van der Waals surface area contributed by atoms with Gasteiger partial charge in [0.1, 0.15) is 6.04 Å². The van der Waals surface area contributed by atoms with E-state index in [4.69, 9.17) is 10.5 Å². The normalized spacial score (nSPS) is 35.2. The topological polar surface area (TPSA) is 75.8 Å². The largest absolute Gasteiger partial charge is 0.393 e. The second-order valence-electron chi connectivity index (χ2n) is 4.87. The highest BCUT2D eigenvalue weighted by Crippen LogP contribution is 2.38. The van der Waals surface area contributed by atoms with Gasteiger partial charge in [-0.3, -0.25) is 4.79 Å². The van der Waals surface area contributed by atoms with E-state index >= 15 is 0 Å². The Kier molecular flexibility index (Phi) is 3.47. The number of nitrogens with two attached hydrogens (primary N) is 1. The highest BCUT2D eigenvalue weighted by atomic mass is 16.5. The van der Waals surface area contributed by atoms with Crippen LogP contribution in [-0.2, 0) is 9.53 Å². The molecule has 92 valence electrons. The lowest BCUT2D eigenvalue weighted by Crippen LogP contribution is -2.45. The Morgan fingerprint density at radius 2 is 2.31 bits per heavy atom. The summed E-state index contributed by atoms with van der Waals surface area (Å²) in [6.07, 6.45) is 1.66. The highest BCUT2D eigenvalue weighted by molar-refractivity contribution is 5.82. The van der Waals surface area contributed by atoms with Gasteiger partial charge in [-0.1, -0.05) is 0 Å². The maximum Gasteiger partial charge on any atom is 0.241 e. The van der Waals surface area contributed by atoms with Gasteiger partial charge in [-0.25, -0.2) is 0 Å². The monoisotopic (exact) mass is 228 g/mol.